The molecule has 0 aromatic heterocycles. The fourth-order valence-electron chi connectivity index (χ4n) is 3.87. The third-order valence-electron chi connectivity index (χ3n) is 5.63. The van der Waals surface area contributed by atoms with Gasteiger partial charge >= 0.3 is 0 Å². The minimum atomic E-state index is -0.498. The molecule has 1 aliphatic heterocycles. The number of rotatable bonds is 7. The lowest BCUT2D eigenvalue weighted by Crippen LogP contribution is -2.48. The Morgan fingerprint density at radius 1 is 1.00 bits per heavy atom. The minimum absolute atomic E-state index is 0.00667. The Morgan fingerprint density at radius 2 is 1.63 bits per heavy atom. The number of halogens is 1. The Bertz CT molecular complexity index is 809. The maximum absolute atomic E-state index is 10.5. The van der Waals surface area contributed by atoms with E-state index in [9.17, 15) is 5.11 Å². The molecule has 0 spiro atoms. The van der Waals surface area contributed by atoms with Crippen LogP contribution in [0.15, 0.2) is 42.5 Å². The molecule has 2 aromatic carbocycles. The molecule has 5 heteroatoms. The maximum atomic E-state index is 10.5. The van der Waals surface area contributed by atoms with Gasteiger partial charge in [-0.1, -0.05) is 62.2 Å². The summed E-state index contributed by atoms with van der Waals surface area (Å²) in [6.45, 7) is 14.5. The summed E-state index contributed by atoms with van der Waals surface area (Å²) in [5.74, 6) is 0.875. The van der Waals surface area contributed by atoms with Crippen LogP contribution in [-0.2, 0) is 12.0 Å². The molecule has 1 unspecified atom stereocenters. The first-order valence-corrected chi connectivity index (χ1v) is 11.2. The van der Waals surface area contributed by atoms with Crippen molar-refractivity contribution in [2.45, 2.75) is 45.8 Å². The van der Waals surface area contributed by atoms with Gasteiger partial charge in [-0.3, -0.25) is 9.80 Å². The predicted octanol–water partition coefficient (Wildman–Crippen LogP) is 4.50. The summed E-state index contributed by atoms with van der Waals surface area (Å²) in [7, 11) is 0. The van der Waals surface area contributed by atoms with Gasteiger partial charge in [0.1, 0.15) is 18.5 Å². The highest BCUT2D eigenvalue weighted by atomic mass is 35.5. The Hall–Kier alpha value is -1.59. The normalized spacial score (nSPS) is 17.1. The second-order valence-corrected chi connectivity index (χ2v) is 9.85. The zero-order chi connectivity index (χ0) is 21.7. The summed E-state index contributed by atoms with van der Waals surface area (Å²) in [5, 5.41) is 11.3. The van der Waals surface area contributed by atoms with Gasteiger partial charge in [0.05, 0.1) is 0 Å². The molecule has 1 heterocycles. The molecular formula is C25H35ClN2O2. The molecular weight excluding hydrogens is 396 g/mol. The Labute approximate surface area is 186 Å². The molecule has 0 radical (unpaired) electrons. The molecule has 1 atom stereocenters. The minimum Gasteiger partial charge on any atom is -0.491 e. The Kier molecular flexibility index (Phi) is 7.81. The second kappa shape index (κ2) is 10.1. The number of aliphatic hydroxyl groups excluding tert-OH is 1. The SMILES string of the molecule is Cc1ccc(OCC(O)CN2CCN(Cc3ccc(Cl)cc3)CC2)c(C(C)(C)C)c1. The summed E-state index contributed by atoms with van der Waals surface area (Å²) in [6.07, 6.45) is -0.498. The number of ether oxygens (including phenoxy) is 1. The Morgan fingerprint density at radius 3 is 2.27 bits per heavy atom. The van der Waals surface area contributed by atoms with E-state index >= 15 is 0 Å². The molecule has 0 bridgehead atoms. The van der Waals surface area contributed by atoms with Crippen molar-refractivity contribution >= 4 is 11.6 Å². The molecule has 1 aliphatic rings. The van der Waals surface area contributed by atoms with Crippen molar-refractivity contribution in [3.63, 3.8) is 0 Å². The number of hydrogen-bond donors (Lipinski definition) is 1. The van der Waals surface area contributed by atoms with Crippen molar-refractivity contribution in [2.75, 3.05) is 39.3 Å². The van der Waals surface area contributed by atoms with Crippen LogP contribution in [0.4, 0.5) is 0 Å². The van der Waals surface area contributed by atoms with Crippen molar-refractivity contribution in [1.82, 2.24) is 9.80 Å². The lowest BCUT2D eigenvalue weighted by molar-refractivity contribution is 0.0442. The molecule has 0 amide bonds. The van der Waals surface area contributed by atoms with Crippen molar-refractivity contribution in [3.05, 3.63) is 64.2 Å². The zero-order valence-electron chi connectivity index (χ0n) is 18.7. The lowest BCUT2D eigenvalue weighted by atomic mass is 9.85. The molecule has 3 rings (SSSR count). The van der Waals surface area contributed by atoms with Crippen LogP contribution in [-0.4, -0.2) is 60.3 Å². The molecule has 164 valence electrons. The Balaban J connectivity index is 1.44. The fraction of sp³-hybridized carbons (Fsp3) is 0.520. The van der Waals surface area contributed by atoms with Crippen LogP contribution in [0.3, 0.4) is 0 Å². The maximum Gasteiger partial charge on any atom is 0.123 e. The topological polar surface area (TPSA) is 35.9 Å². The van der Waals surface area contributed by atoms with Crippen LogP contribution in [0.1, 0.15) is 37.5 Å². The number of nitrogens with zero attached hydrogens (tertiary/aromatic N) is 2. The summed E-state index contributed by atoms with van der Waals surface area (Å²) in [6, 6.07) is 14.3. The smallest absolute Gasteiger partial charge is 0.123 e. The van der Waals surface area contributed by atoms with Crippen LogP contribution in [0.5, 0.6) is 5.75 Å². The molecule has 30 heavy (non-hydrogen) atoms. The van der Waals surface area contributed by atoms with E-state index < -0.39 is 6.10 Å². The summed E-state index contributed by atoms with van der Waals surface area (Å²) in [5.41, 5.74) is 3.70. The van der Waals surface area contributed by atoms with E-state index in [2.05, 4.69) is 61.8 Å². The monoisotopic (exact) mass is 430 g/mol. The van der Waals surface area contributed by atoms with E-state index in [1.807, 2.05) is 18.2 Å². The average molecular weight is 431 g/mol. The zero-order valence-corrected chi connectivity index (χ0v) is 19.5. The van der Waals surface area contributed by atoms with E-state index in [1.54, 1.807) is 0 Å². The molecule has 4 nitrogen and oxygen atoms in total. The average Bonchev–Trinajstić information content (AvgIpc) is 2.69. The quantitative estimate of drug-likeness (QED) is 0.701. The summed E-state index contributed by atoms with van der Waals surface area (Å²) in [4.78, 5) is 4.77. The van der Waals surface area contributed by atoms with Crippen LogP contribution in [0, 0.1) is 6.92 Å². The second-order valence-electron chi connectivity index (χ2n) is 9.42. The predicted molar refractivity (Wildman–Crippen MR) is 125 cm³/mol. The van der Waals surface area contributed by atoms with Gasteiger partial charge in [0.2, 0.25) is 0 Å². The van der Waals surface area contributed by atoms with Gasteiger partial charge in [-0.2, -0.15) is 0 Å². The standard InChI is InChI=1S/C25H35ClN2O2/c1-19-5-10-24(23(15-19)25(2,3)4)30-18-22(29)17-28-13-11-27(12-14-28)16-20-6-8-21(26)9-7-20/h5-10,15,22,29H,11-14,16-18H2,1-4H3. The molecule has 1 N–H and O–H groups in total. The van der Waals surface area contributed by atoms with E-state index in [0.717, 1.165) is 43.5 Å². The van der Waals surface area contributed by atoms with Crippen LogP contribution in [0.25, 0.3) is 0 Å². The first kappa shape index (κ1) is 23.1. The lowest BCUT2D eigenvalue weighted by Gasteiger charge is -2.35. The van der Waals surface area contributed by atoms with E-state index in [-0.39, 0.29) is 5.41 Å². The highest BCUT2D eigenvalue weighted by Crippen LogP contribution is 2.32. The molecule has 2 aromatic rings. The summed E-state index contributed by atoms with van der Waals surface area (Å²) < 4.78 is 6.03. The van der Waals surface area contributed by atoms with Gasteiger partial charge < -0.3 is 9.84 Å². The van der Waals surface area contributed by atoms with Crippen molar-refractivity contribution < 1.29 is 9.84 Å². The van der Waals surface area contributed by atoms with Gasteiger partial charge in [0.25, 0.3) is 0 Å². The number of aliphatic hydroxyl groups is 1. The van der Waals surface area contributed by atoms with Crippen molar-refractivity contribution in [3.8, 4) is 5.75 Å². The third kappa shape index (κ3) is 6.71. The van der Waals surface area contributed by atoms with Crippen molar-refractivity contribution in [1.29, 1.82) is 0 Å². The van der Waals surface area contributed by atoms with E-state index in [0.29, 0.717) is 13.2 Å². The molecule has 1 fully saturated rings. The highest BCUT2D eigenvalue weighted by Gasteiger charge is 2.22. The van der Waals surface area contributed by atoms with E-state index in [1.165, 1.54) is 16.7 Å². The fourth-order valence-corrected chi connectivity index (χ4v) is 4.00. The first-order chi connectivity index (χ1) is 14.2. The number of β-amino-alcohol motifs (C(OH)–C–C–N with tert-alkyl or cyclic N) is 1. The number of piperazine rings is 1. The number of aryl methyl sites for hydroxylation is 1. The van der Waals surface area contributed by atoms with Gasteiger partial charge in [0.15, 0.2) is 0 Å². The molecule has 1 saturated heterocycles. The van der Waals surface area contributed by atoms with Crippen LogP contribution >= 0.6 is 11.6 Å². The largest absolute Gasteiger partial charge is 0.491 e. The molecule has 0 saturated carbocycles. The van der Waals surface area contributed by atoms with E-state index in [4.69, 9.17) is 16.3 Å². The van der Waals surface area contributed by atoms with Crippen LogP contribution in [0.2, 0.25) is 5.02 Å². The highest BCUT2D eigenvalue weighted by molar-refractivity contribution is 6.30. The first-order valence-electron chi connectivity index (χ1n) is 10.8. The molecule has 0 aliphatic carbocycles. The van der Waals surface area contributed by atoms with Gasteiger partial charge in [-0.15, -0.1) is 0 Å². The van der Waals surface area contributed by atoms with Gasteiger partial charge in [-0.05, 0) is 41.7 Å². The van der Waals surface area contributed by atoms with Gasteiger partial charge in [-0.25, -0.2) is 0 Å². The van der Waals surface area contributed by atoms with Gasteiger partial charge in [0, 0.05) is 44.3 Å². The van der Waals surface area contributed by atoms with Crippen molar-refractivity contribution in [2.24, 2.45) is 0 Å². The summed E-state index contributed by atoms with van der Waals surface area (Å²) >= 11 is 5.97. The third-order valence-corrected chi connectivity index (χ3v) is 5.88. The number of benzene rings is 2. The number of hydrogen-bond acceptors (Lipinski definition) is 4. The van der Waals surface area contributed by atoms with Crippen LogP contribution < -0.4 is 4.74 Å².